The molecule has 0 aliphatic rings. The highest BCUT2D eigenvalue weighted by atomic mass is 15.1. The van der Waals surface area contributed by atoms with E-state index in [2.05, 4.69) is 24.1 Å². The Bertz CT molecular complexity index is 103. The maximum absolute atomic E-state index is 5.40. The molecular weight excluding hydrogens is 174 g/mol. The van der Waals surface area contributed by atoms with Crippen LogP contribution in [0.2, 0.25) is 0 Å². The van der Waals surface area contributed by atoms with Gasteiger partial charge in [-0.1, -0.05) is 13.8 Å². The van der Waals surface area contributed by atoms with Crippen LogP contribution in [0.1, 0.15) is 33.1 Å². The van der Waals surface area contributed by atoms with Crippen LogP contribution in [0.25, 0.3) is 0 Å². The molecule has 0 radical (unpaired) electrons. The number of hydrogen-bond donors (Lipinski definition) is 2. The van der Waals surface area contributed by atoms with Crippen LogP contribution < -0.4 is 11.1 Å². The minimum atomic E-state index is 0.798. The van der Waals surface area contributed by atoms with Gasteiger partial charge in [-0.2, -0.15) is 0 Å². The van der Waals surface area contributed by atoms with Gasteiger partial charge in [0.1, 0.15) is 0 Å². The van der Waals surface area contributed by atoms with Gasteiger partial charge >= 0.3 is 0 Å². The molecule has 3 nitrogen and oxygen atoms in total. The van der Waals surface area contributed by atoms with Crippen molar-refractivity contribution in [3.8, 4) is 0 Å². The smallest absolute Gasteiger partial charge is 0.00185 e. The standard InChI is InChI=1S/C11H27N3/c1-3-14(4-2)11-6-5-9-13-10-7-8-12/h13H,3-12H2,1-2H3. The summed E-state index contributed by atoms with van der Waals surface area (Å²) in [6, 6.07) is 0. The topological polar surface area (TPSA) is 41.3 Å². The first-order valence-corrected chi connectivity index (χ1v) is 5.98. The Morgan fingerprint density at radius 3 is 2.21 bits per heavy atom. The first-order valence-electron chi connectivity index (χ1n) is 5.98. The van der Waals surface area contributed by atoms with Gasteiger partial charge in [-0.15, -0.1) is 0 Å². The first kappa shape index (κ1) is 13.9. The Hall–Kier alpha value is -0.120. The summed E-state index contributed by atoms with van der Waals surface area (Å²) in [5.41, 5.74) is 5.40. The van der Waals surface area contributed by atoms with E-state index in [1.807, 2.05) is 0 Å². The van der Waals surface area contributed by atoms with E-state index in [0.717, 1.165) is 26.1 Å². The van der Waals surface area contributed by atoms with Crippen molar-refractivity contribution >= 4 is 0 Å². The maximum Gasteiger partial charge on any atom is -0.00185 e. The third kappa shape index (κ3) is 8.48. The van der Waals surface area contributed by atoms with Gasteiger partial charge in [-0.05, 0) is 58.5 Å². The van der Waals surface area contributed by atoms with Crippen LogP contribution in [0.5, 0.6) is 0 Å². The Balaban J connectivity index is 3.04. The predicted octanol–water partition coefficient (Wildman–Crippen LogP) is 1.05. The molecule has 0 rings (SSSR count). The number of nitrogens with zero attached hydrogens (tertiary/aromatic N) is 1. The van der Waals surface area contributed by atoms with E-state index < -0.39 is 0 Å². The molecule has 0 bridgehead atoms. The molecule has 0 fully saturated rings. The van der Waals surface area contributed by atoms with Crippen molar-refractivity contribution in [2.75, 3.05) is 39.3 Å². The van der Waals surface area contributed by atoms with E-state index in [1.54, 1.807) is 0 Å². The molecule has 3 heteroatoms. The third-order valence-corrected chi connectivity index (χ3v) is 2.53. The van der Waals surface area contributed by atoms with Gasteiger partial charge in [-0.3, -0.25) is 0 Å². The lowest BCUT2D eigenvalue weighted by Gasteiger charge is -2.17. The Morgan fingerprint density at radius 1 is 1.00 bits per heavy atom. The fourth-order valence-electron chi connectivity index (χ4n) is 1.48. The van der Waals surface area contributed by atoms with Crippen molar-refractivity contribution in [3.63, 3.8) is 0 Å². The largest absolute Gasteiger partial charge is 0.330 e. The molecule has 0 amide bonds. The zero-order chi connectivity index (χ0) is 10.6. The fourth-order valence-corrected chi connectivity index (χ4v) is 1.48. The van der Waals surface area contributed by atoms with E-state index in [4.69, 9.17) is 5.73 Å². The van der Waals surface area contributed by atoms with Crippen LogP contribution in [0.3, 0.4) is 0 Å². The molecule has 3 N–H and O–H groups in total. The summed E-state index contributed by atoms with van der Waals surface area (Å²) < 4.78 is 0. The van der Waals surface area contributed by atoms with Crippen LogP contribution in [-0.2, 0) is 0 Å². The highest BCUT2D eigenvalue weighted by Crippen LogP contribution is 1.93. The molecule has 0 heterocycles. The highest BCUT2D eigenvalue weighted by Gasteiger charge is 1.97. The molecule has 0 aromatic rings. The van der Waals surface area contributed by atoms with Gasteiger partial charge in [0.2, 0.25) is 0 Å². The number of nitrogens with two attached hydrogens (primary N) is 1. The lowest BCUT2D eigenvalue weighted by molar-refractivity contribution is 0.296. The van der Waals surface area contributed by atoms with Crippen molar-refractivity contribution in [2.45, 2.75) is 33.1 Å². The van der Waals surface area contributed by atoms with Crippen LogP contribution >= 0.6 is 0 Å². The van der Waals surface area contributed by atoms with Crippen molar-refractivity contribution in [2.24, 2.45) is 5.73 Å². The monoisotopic (exact) mass is 201 g/mol. The predicted molar refractivity (Wildman–Crippen MR) is 63.6 cm³/mol. The summed E-state index contributed by atoms with van der Waals surface area (Å²) in [6.45, 7) is 11.1. The Kier molecular flexibility index (Phi) is 10.9. The van der Waals surface area contributed by atoms with Gasteiger partial charge in [0, 0.05) is 0 Å². The summed E-state index contributed by atoms with van der Waals surface area (Å²) >= 11 is 0. The van der Waals surface area contributed by atoms with Gasteiger partial charge in [0.25, 0.3) is 0 Å². The van der Waals surface area contributed by atoms with E-state index in [-0.39, 0.29) is 0 Å². The molecule has 0 aliphatic carbocycles. The highest BCUT2D eigenvalue weighted by molar-refractivity contribution is 4.54. The quantitative estimate of drug-likeness (QED) is 0.519. The van der Waals surface area contributed by atoms with Gasteiger partial charge in [0.05, 0.1) is 0 Å². The molecule has 0 saturated carbocycles. The number of rotatable bonds is 10. The minimum Gasteiger partial charge on any atom is -0.330 e. The molecule has 0 aromatic carbocycles. The van der Waals surface area contributed by atoms with E-state index in [9.17, 15) is 0 Å². The third-order valence-electron chi connectivity index (χ3n) is 2.53. The summed E-state index contributed by atoms with van der Waals surface area (Å²) in [5.74, 6) is 0. The average Bonchev–Trinajstić information content (AvgIpc) is 2.22. The Labute approximate surface area is 89.0 Å². The van der Waals surface area contributed by atoms with Crippen molar-refractivity contribution in [1.82, 2.24) is 10.2 Å². The molecule has 0 aromatic heterocycles. The van der Waals surface area contributed by atoms with E-state index in [0.29, 0.717) is 0 Å². The number of unbranched alkanes of at least 4 members (excludes halogenated alkanes) is 1. The molecule has 0 spiro atoms. The molecule has 0 saturated heterocycles. The first-order chi connectivity index (χ1) is 6.85. The molecule has 0 atom stereocenters. The summed E-state index contributed by atoms with van der Waals surface area (Å²) in [6.07, 6.45) is 3.68. The normalized spacial score (nSPS) is 11.1. The maximum atomic E-state index is 5.40. The van der Waals surface area contributed by atoms with Crippen LogP contribution in [0, 0.1) is 0 Å². The van der Waals surface area contributed by atoms with Crippen molar-refractivity contribution < 1.29 is 0 Å². The van der Waals surface area contributed by atoms with Crippen LogP contribution in [0.4, 0.5) is 0 Å². The lowest BCUT2D eigenvalue weighted by Crippen LogP contribution is -2.25. The zero-order valence-electron chi connectivity index (χ0n) is 9.89. The SMILES string of the molecule is CCN(CC)CCCCNCCCN. The zero-order valence-corrected chi connectivity index (χ0v) is 9.89. The van der Waals surface area contributed by atoms with E-state index in [1.165, 1.54) is 32.5 Å². The summed E-state index contributed by atoms with van der Waals surface area (Å²) in [7, 11) is 0. The van der Waals surface area contributed by atoms with Gasteiger partial charge in [-0.25, -0.2) is 0 Å². The molecule has 0 aliphatic heterocycles. The minimum absolute atomic E-state index is 0.798. The summed E-state index contributed by atoms with van der Waals surface area (Å²) in [5, 5.41) is 3.40. The average molecular weight is 201 g/mol. The van der Waals surface area contributed by atoms with Crippen molar-refractivity contribution in [3.05, 3.63) is 0 Å². The summed E-state index contributed by atoms with van der Waals surface area (Å²) in [4.78, 5) is 2.47. The second-order valence-corrected chi connectivity index (χ2v) is 3.63. The van der Waals surface area contributed by atoms with E-state index >= 15 is 0 Å². The molecular formula is C11H27N3. The van der Waals surface area contributed by atoms with Crippen molar-refractivity contribution in [1.29, 1.82) is 0 Å². The van der Waals surface area contributed by atoms with Gasteiger partial charge < -0.3 is 16.0 Å². The number of nitrogens with one attached hydrogen (secondary N) is 1. The second kappa shape index (κ2) is 11.0. The molecule has 86 valence electrons. The van der Waals surface area contributed by atoms with Crippen LogP contribution in [-0.4, -0.2) is 44.2 Å². The fraction of sp³-hybridized carbons (Fsp3) is 1.00. The number of hydrogen-bond acceptors (Lipinski definition) is 3. The van der Waals surface area contributed by atoms with Gasteiger partial charge in [0.15, 0.2) is 0 Å². The molecule has 0 unspecified atom stereocenters. The lowest BCUT2D eigenvalue weighted by atomic mass is 10.3. The van der Waals surface area contributed by atoms with Crippen LogP contribution in [0.15, 0.2) is 0 Å². The second-order valence-electron chi connectivity index (χ2n) is 3.63. The molecule has 14 heavy (non-hydrogen) atoms. The Morgan fingerprint density at radius 2 is 1.64 bits per heavy atom.